The number of benzene rings is 2. The van der Waals surface area contributed by atoms with Crippen LogP contribution in [0, 0.1) is 18.6 Å². The maximum atomic E-state index is 13.1. The fourth-order valence-electron chi connectivity index (χ4n) is 1.85. The van der Waals surface area contributed by atoms with Gasteiger partial charge in [0.25, 0.3) is 5.91 Å². The van der Waals surface area contributed by atoms with Gasteiger partial charge in [-0.1, -0.05) is 6.07 Å². The van der Waals surface area contributed by atoms with Crippen LogP contribution in [0.2, 0.25) is 0 Å². The second-order valence-corrected chi connectivity index (χ2v) is 4.30. The van der Waals surface area contributed by atoms with Crippen LogP contribution in [0.5, 0.6) is 0 Å². The molecule has 0 aromatic heterocycles. The zero-order valence-corrected chi connectivity index (χ0v) is 10.7. The van der Waals surface area contributed by atoms with Crippen LogP contribution in [-0.2, 0) is 0 Å². The quantitative estimate of drug-likeness (QED) is 0.809. The van der Waals surface area contributed by atoms with Crippen LogP contribution in [0.25, 0.3) is 0 Å². The van der Waals surface area contributed by atoms with E-state index in [1.165, 1.54) is 41.3 Å². The van der Waals surface area contributed by atoms with Crippen molar-refractivity contribution >= 4 is 11.6 Å². The molecule has 0 aliphatic rings. The maximum Gasteiger partial charge on any atom is 0.258 e. The first-order valence-electron chi connectivity index (χ1n) is 5.79. The van der Waals surface area contributed by atoms with Crippen molar-refractivity contribution in [3.63, 3.8) is 0 Å². The monoisotopic (exact) mass is 261 g/mol. The lowest BCUT2D eigenvalue weighted by Crippen LogP contribution is -2.27. The molecule has 0 fully saturated rings. The van der Waals surface area contributed by atoms with Crippen molar-refractivity contribution < 1.29 is 13.6 Å². The van der Waals surface area contributed by atoms with Crippen LogP contribution < -0.4 is 4.90 Å². The normalized spacial score (nSPS) is 10.3. The summed E-state index contributed by atoms with van der Waals surface area (Å²) in [6.07, 6.45) is 0. The zero-order chi connectivity index (χ0) is 14.0. The van der Waals surface area contributed by atoms with Crippen LogP contribution in [-0.4, -0.2) is 13.0 Å². The predicted molar refractivity (Wildman–Crippen MR) is 70.3 cm³/mol. The van der Waals surface area contributed by atoms with Crippen molar-refractivity contribution in [2.45, 2.75) is 6.92 Å². The first-order valence-corrected chi connectivity index (χ1v) is 5.79. The van der Waals surface area contributed by atoms with E-state index in [1.807, 2.05) is 0 Å². The van der Waals surface area contributed by atoms with Crippen LogP contribution in [0.4, 0.5) is 14.5 Å². The summed E-state index contributed by atoms with van der Waals surface area (Å²) < 4.78 is 26.2. The summed E-state index contributed by atoms with van der Waals surface area (Å²) in [4.78, 5) is 13.6. The molecule has 0 saturated heterocycles. The van der Waals surface area contributed by atoms with Crippen molar-refractivity contribution in [2.24, 2.45) is 0 Å². The number of aryl methyl sites for hydroxylation is 1. The Bertz CT molecular complexity index is 625. The minimum atomic E-state index is -0.409. The van der Waals surface area contributed by atoms with Gasteiger partial charge in [-0.15, -0.1) is 0 Å². The third-order valence-electron chi connectivity index (χ3n) is 2.92. The molecule has 2 aromatic carbocycles. The van der Waals surface area contributed by atoms with Gasteiger partial charge < -0.3 is 4.90 Å². The average Bonchev–Trinajstić information content (AvgIpc) is 2.37. The number of anilines is 1. The molecule has 2 aromatic rings. The highest BCUT2D eigenvalue weighted by molar-refractivity contribution is 6.06. The molecule has 0 N–H and O–H groups in total. The van der Waals surface area contributed by atoms with E-state index < -0.39 is 5.82 Å². The number of nitrogens with zero attached hydrogens (tertiary/aromatic N) is 1. The molecule has 0 saturated carbocycles. The average molecular weight is 261 g/mol. The summed E-state index contributed by atoms with van der Waals surface area (Å²) >= 11 is 0. The van der Waals surface area contributed by atoms with Crippen LogP contribution in [0.1, 0.15) is 15.9 Å². The third kappa shape index (κ3) is 2.78. The van der Waals surface area contributed by atoms with Crippen LogP contribution in [0.3, 0.4) is 0 Å². The Morgan fingerprint density at radius 2 is 1.74 bits per heavy atom. The summed E-state index contributed by atoms with van der Waals surface area (Å²) in [7, 11) is 1.56. The van der Waals surface area contributed by atoms with Gasteiger partial charge in [-0.2, -0.15) is 0 Å². The molecule has 0 bridgehead atoms. The lowest BCUT2D eigenvalue weighted by atomic mass is 10.1. The zero-order valence-electron chi connectivity index (χ0n) is 10.7. The first kappa shape index (κ1) is 13.2. The molecular formula is C15H13F2NO. The van der Waals surface area contributed by atoms with Gasteiger partial charge in [0.15, 0.2) is 0 Å². The second-order valence-electron chi connectivity index (χ2n) is 4.30. The fourth-order valence-corrected chi connectivity index (χ4v) is 1.85. The van der Waals surface area contributed by atoms with Crippen molar-refractivity contribution in [1.82, 2.24) is 0 Å². The summed E-state index contributed by atoms with van der Waals surface area (Å²) in [5.74, 6) is -1.10. The molecule has 0 heterocycles. The Labute approximate surface area is 110 Å². The molecule has 0 aliphatic heterocycles. The van der Waals surface area contributed by atoms with Gasteiger partial charge in [-0.3, -0.25) is 4.79 Å². The summed E-state index contributed by atoms with van der Waals surface area (Å²) in [5.41, 5.74) is 1.40. The van der Waals surface area contributed by atoms with Crippen LogP contribution >= 0.6 is 0 Å². The Morgan fingerprint density at radius 3 is 2.37 bits per heavy atom. The van der Waals surface area contributed by atoms with Gasteiger partial charge in [0.05, 0.1) is 0 Å². The number of hydrogen-bond donors (Lipinski definition) is 0. The highest BCUT2D eigenvalue weighted by Gasteiger charge is 2.16. The molecule has 0 radical (unpaired) electrons. The maximum absolute atomic E-state index is 13.1. The lowest BCUT2D eigenvalue weighted by molar-refractivity contribution is 0.0992. The molecule has 0 aliphatic carbocycles. The SMILES string of the molecule is Cc1cc(F)ccc1C(=O)N(C)c1cccc(F)c1. The number of amides is 1. The van der Waals surface area contributed by atoms with Crippen molar-refractivity contribution in [3.05, 3.63) is 65.2 Å². The van der Waals surface area contributed by atoms with Gasteiger partial charge in [0.1, 0.15) is 11.6 Å². The van der Waals surface area contributed by atoms with Crippen molar-refractivity contribution in [1.29, 1.82) is 0 Å². The van der Waals surface area contributed by atoms with Gasteiger partial charge in [0, 0.05) is 18.3 Å². The smallest absolute Gasteiger partial charge is 0.258 e. The molecule has 2 rings (SSSR count). The van der Waals surface area contributed by atoms with Gasteiger partial charge >= 0.3 is 0 Å². The van der Waals surface area contributed by atoms with E-state index in [0.717, 1.165) is 0 Å². The third-order valence-corrected chi connectivity index (χ3v) is 2.92. The minimum Gasteiger partial charge on any atom is -0.311 e. The number of hydrogen-bond acceptors (Lipinski definition) is 1. The number of rotatable bonds is 2. The Kier molecular flexibility index (Phi) is 3.60. The number of carbonyl (C=O) groups excluding carboxylic acids is 1. The largest absolute Gasteiger partial charge is 0.311 e. The topological polar surface area (TPSA) is 20.3 Å². The van der Waals surface area contributed by atoms with E-state index >= 15 is 0 Å². The Morgan fingerprint density at radius 1 is 1.05 bits per heavy atom. The van der Waals surface area contributed by atoms with Crippen molar-refractivity contribution in [2.75, 3.05) is 11.9 Å². The lowest BCUT2D eigenvalue weighted by Gasteiger charge is -2.18. The van der Waals surface area contributed by atoms with E-state index in [4.69, 9.17) is 0 Å². The number of halogens is 2. The molecule has 4 heteroatoms. The van der Waals surface area contributed by atoms with E-state index in [-0.39, 0.29) is 11.7 Å². The molecular weight excluding hydrogens is 248 g/mol. The summed E-state index contributed by atoms with van der Waals surface area (Å²) in [6, 6.07) is 9.72. The molecule has 0 unspecified atom stereocenters. The van der Waals surface area contributed by atoms with Crippen LogP contribution in [0.15, 0.2) is 42.5 Å². The van der Waals surface area contributed by atoms with Gasteiger partial charge in [0.2, 0.25) is 0 Å². The highest BCUT2D eigenvalue weighted by Crippen LogP contribution is 2.19. The first-order chi connectivity index (χ1) is 8.99. The van der Waals surface area contributed by atoms with E-state index in [0.29, 0.717) is 16.8 Å². The standard InChI is InChI=1S/C15H13F2NO/c1-10-8-12(17)6-7-14(10)15(19)18(2)13-5-3-4-11(16)9-13/h3-9H,1-2H3. The molecule has 98 valence electrons. The number of carbonyl (C=O) groups is 1. The van der Waals surface area contributed by atoms with Gasteiger partial charge in [-0.25, -0.2) is 8.78 Å². The molecule has 1 amide bonds. The fraction of sp³-hybridized carbons (Fsp3) is 0.133. The molecule has 0 spiro atoms. The minimum absolute atomic E-state index is 0.303. The highest BCUT2D eigenvalue weighted by atomic mass is 19.1. The molecule has 0 atom stereocenters. The van der Waals surface area contributed by atoms with E-state index in [2.05, 4.69) is 0 Å². The predicted octanol–water partition coefficient (Wildman–Crippen LogP) is 3.55. The van der Waals surface area contributed by atoms with Gasteiger partial charge in [-0.05, 0) is 48.9 Å². The summed E-state index contributed by atoms with van der Waals surface area (Å²) in [6.45, 7) is 1.66. The second kappa shape index (κ2) is 5.18. The Hall–Kier alpha value is -2.23. The Balaban J connectivity index is 2.33. The van der Waals surface area contributed by atoms with Crippen molar-refractivity contribution in [3.8, 4) is 0 Å². The summed E-state index contributed by atoms with van der Waals surface area (Å²) in [5, 5.41) is 0. The molecule has 19 heavy (non-hydrogen) atoms. The molecule has 2 nitrogen and oxygen atoms in total. The van der Waals surface area contributed by atoms with E-state index in [9.17, 15) is 13.6 Å². The van der Waals surface area contributed by atoms with E-state index in [1.54, 1.807) is 20.0 Å².